The van der Waals surface area contributed by atoms with E-state index in [1.54, 1.807) is 18.2 Å². The maximum atomic E-state index is 12.0. The van der Waals surface area contributed by atoms with E-state index >= 15 is 0 Å². The average Bonchev–Trinajstić information content (AvgIpc) is 2.60. The van der Waals surface area contributed by atoms with Crippen LogP contribution in [0, 0.1) is 0 Å². The summed E-state index contributed by atoms with van der Waals surface area (Å²) in [6.07, 6.45) is 1.34. The second-order valence-corrected chi connectivity index (χ2v) is 4.76. The summed E-state index contributed by atoms with van der Waals surface area (Å²) in [6, 6.07) is 14.5. The van der Waals surface area contributed by atoms with Gasteiger partial charge in [0.1, 0.15) is 22.8 Å². The van der Waals surface area contributed by atoms with Crippen LogP contribution in [0.2, 0.25) is 0 Å². The van der Waals surface area contributed by atoms with Crippen molar-refractivity contribution in [3.63, 3.8) is 0 Å². The first-order chi connectivity index (χ1) is 11.7. The number of methoxy groups -OCH3 is 2. The van der Waals surface area contributed by atoms with E-state index in [2.05, 4.69) is 0 Å². The number of hydrogen-bond donors (Lipinski definition) is 0. The van der Waals surface area contributed by atoms with Gasteiger partial charge in [-0.15, -0.1) is 0 Å². The quantitative estimate of drug-likeness (QED) is 0.436. The Kier molecular flexibility index (Phi) is 6.25. The number of ether oxygens (including phenoxy) is 4. The van der Waals surface area contributed by atoms with Crippen molar-refractivity contribution in [2.75, 3.05) is 20.8 Å². The summed E-state index contributed by atoms with van der Waals surface area (Å²) >= 11 is 0. The van der Waals surface area contributed by atoms with E-state index in [1.807, 2.05) is 37.3 Å². The van der Waals surface area contributed by atoms with Gasteiger partial charge in [0.25, 0.3) is 0 Å². The SMILES string of the molecule is CCOc1cccc(Oc2ccccc2/C(=C\OC)C(=O)OC)c1. The second kappa shape index (κ2) is 8.62. The maximum Gasteiger partial charge on any atom is 0.341 e. The fourth-order valence-electron chi connectivity index (χ4n) is 2.15. The maximum absolute atomic E-state index is 12.0. The number of benzene rings is 2. The first-order valence-corrected chi connectivity index (χ1v) is 7.51. The molecule has 0 bridgehead atoms. The number of para-hydroxylation sites is 1. The predicted octanol–water partition coefficient (Wildman–Crippen LogP) is 4.04. The third-order valence-corrected chi connectivity index (χ3v) is 3.16. The molecule has 0 aliphatic carbocycles. The summed E-state index contributed by atoms with van der Waals surface area (Å²) in [7, 11) is 2.79. The van der Waals surface area contributed by atoms with Gasteiger partial charge < -0.3 is 18.9 Å². The van der Waals surface area contributed by atoms with Crippen LogP contribution in [0.3, 0.4) is 0 Å². The first kappa shape index (κ1) is 17.4. The molecule has 0 unspecified atom stereocenters. The van der Waals surface area contributed by atoms with Gasteiger partial charge in [-0.25, -0.2) is 4.79 Å². The topological polar surface area (TPSA) is 54.0 Å². The van der Waals surface area contributed by atoms with Crippen LogP contribution < -0.4 is 9.47 Å². The molecule has 5 heteroatoms. The molecule has 0 saturated carbocycles. The molecule has 0 aliphatic heterocycles. The zero-order valence-electron chi connectivity index (χ0n) is 13.9. The van der Waals surface area contributed by atoms with Crippen LogP contribution in [0.4, 0.5) is 0 Å². The van der Waals surface area contributed by atoms with Crippen molar-refractivity contribution < 1.29 is 23.7 Å². The third kappa shape index (κ3) is 4.29. The summed E-state index contributed by atoms with van der Waals surface area (Å²) < 4.78 is 21.2. The Labute approximate surface area is 141 Å². The minimum absolute atomic E-state index is 0.275. The molecule has 0 aliphatic rings. The van der Waals surface area contributed by atoms with E-state index in [0.717, 1.165) is 0 Å². The predicted molar refractivity (Wildman–Crippen MR) is 91.1 cm³/mol. The second-order valence-electron chi connectivity index (χ2n) is 4.76. The van der Waals surface area contributed by atoms with Crippen LogP contribution in [0.1, 0.15) is 12.5 Å². The lowest BCUT2D eigenvalue weighted by Gasteiger charge is -2.13. The van der Waals surface area contributed by atoms with Crippen LogP contribution in [0.5, 0.6) is 17.2 Å². The van der Waals surface area contributed by atoms with Crippen molar-refractivity contribution >= 4 is 11.5 Å². The summed E-state index contributed by atoms with van der Waals surface area (Å²) in [5.41, 5.74) is 0.851. The van der Waals surface area contributed by atoms with E-state index in [-0.39, 0.29) is 5.57 Å². The van der Waals surface area contributed by atoms with Crippen molar-refractivity contribution in [1.29, 1.82) is 0 Å². The normalized spacial score (nSPS) is 10.9. The Bertz CT molecular complexity index is 721. The van der Waals surface area contributed by atoms with Gasteiger partial charge in [0.15, 0.2) is 0 Å². The van der Waals surface area contributed by atoms with Crippen molar-refractivity contribution in [1.82, 2.24) is 0 Å². The molecule has 0 fully saturated rings. The number of hydrogen-bond acceptors (Lipinski definition) is 5. The minimum atomic E-state index is -0.504. The molecular weight excluding hydrogens is 308 g/mol. The Morgan fingerprint density at radius 1 is 1.04 bits per heavy atom. The zero-order valence-corrected chi connectivity index (χ0v) is 13.9. The Balaban J connectivity index is 2.36. The van der Waals surface area contributed by atoms with Gasteiger partial charge in [0.05, 0.1) is 27.1 Å². The number of carbonyl (C=O) groups is 1. The Morgan fingerprint density at radius 3 is 2.50 bits per heavy atom. The average molecular weight is 328 g/mol. The molecular formula is C19H20O5. The van der Waals surface area contributed by atoms with Gasteiger partial charge >= 0.3 is 5.97 Å². The molecule has 2 rings (SSSR count). The van der Waals surface area contributed by atoms with Gasteiger partial charge in [0.2, 0.25) is 0 Å². The smallest absolute Gasteiger partial charge is 0.341 e. The van der Waals surface area contributed by atoms with Crippen LogP contribution in [0.25, 0.3) is 5.57 Å². The lowest BCUT2D eigenvalue weighted by molar-refractivity contribution is -0.133. The van der Waals surface area contributed by atoms with E-state index < -0.39 is 5.97 Å². The van der Waals surface area contributed by atoms with E-state index in [9.17, 15) is 4.79 Å². The lowest BCUT2D eigenvalue weighted by Crippen LogP contribution is -2.05. The highest BCUT2D eigenvalue weighted by atomic mass is 16.5. The van der Waals surface area contributed by atoms with Crippen molar-refractivity contribution in [3.05, 3.63) is 60.4 Å². The number of esters is 1. The highest BCUT2D eigenvalue weighted by molar-refractivity contribution is 6.17. The molecule has 0 aromatic heterocycles. The van der Waals surface area contributed by atoms with Crippen molar-refractivity contribution in [2.45, 2.75) is 6.92 Å². The molecule has 2 aromatic rings. The molecule has 0 amide bonds. The standard InChI is InChI=1S/C19H20O5/c1-4-23-14-8-7-9-15(12-14)24-18-11-6-5-10-16(18)17(13-21-2)19(20)22-3/h5-13H,4H2,1-3H3/b17-13+. The molecule has 0 radical (unpaired) electrons. The van der Waals surface area contributed by atoms with Crippen LogP contribution in [-0.4, -0.2) is 26.8 Å². The van der Waals surface area contributed by atoms with Gasteiger partial charge in [-0.3, -0.25) is 0 Å². The van der Waals surface area contributed by atoms with Crippen LogP contribution in [-0.2, 0) is 14.3 Å². The van der Waals surface area contributed by atoms with Crippen LogP contribution in [0.15, 0.2) is 54.8 Å². The number of rotatable bonds is 7. The Hall–Kier alpha value is -2.95. The van der Waals surface area contributed by atoms with Gasteiger partial charge in [0, 0.05) is 11.6 Å². The summed E-state index contributed by atoms with van der Waals surface area (Å²) in [4.78, 5) is 12.0. The Morgan fingerprint density at radius 2 is 1.79 bits per heavy atom. The van der Waals surface area contributed by atoms with Crippen molar-refractivity contribution in [2.24, 2.45) is 0 Å². The third-order valence-electron chi connectivity index (χ3n) is 3.16. The molecule has 24 heavy (non-hydrogen) atoms. The molecule has 5 nitrogen and oxygen atoms in total. The van der Waals surface area contributed by atoms with E-state index in [4.69, 9.17) is 18.9 Å². The molecule has 0 heterocycles. The van der Waals surface area contributed by atoms with Crippen LogP contribution >= 0.6 is 0 Å². The zero-order chi connectivity index (χ0) is 17.4. The molecule has 0 N–H and O–H groups in total. The fraction of sp³-hybridized carbons (Fsp3) is 0.211. The molecule has 2 aromatic carbocycles. The summed E-state index contributed by atoms with van der Waals surface area (Å²) in [6.45, 7) is 2.49. The van der Waals surface area contributed by atoms with E-state index in [1.165, 1.54) is 20.5 Å². The van der Waals surface area contributed by atoms with Gasteiger partial charge in [-0.1, -0.05) is 24.3 Å². The summed E-state index contributed by atoms with van der Waals surface area (Å²) in [5, 5.41) is 0. The van der Waals surface area contributed by atoms with Gasteiger partial charge in [-0.05, 0) is 25.1 Å². The largest absolute Gasteiger partial charge is 0.503 e. The monoisotopic (exact) mass is 328 g/mol. The fourth-order valence-corrected chi connectivity index (χ4v) is 2.15. The lowest BCUT2D eigenvalue weighted by atomic mass is 10.1. The highest BCUT2D eigenvalue weighted by Gasteiger charge is 2.18. The van der Waals surface area contributed by atoms with Crippen molar-refractivity contribution in [3.8, 4) is 17.2 Å². The number of carbonyl (C=O) groups excluding carboxylic acids is 1. The molecule has 0 saturated heterocycles. The molecule has 0 spiro atoms. The van der Waals surface area contributed by atoms with E-state index in [0.29, 0.717) is 29.4 Å². The summed E-state index contributed by atoms with van der Waals surface area (Å²) in [5.74, 6) is 1.33. The molecule has 126 valence electrons. The first-order valence-electron chi connectivity index (χ1n) is 7.51. The minimum Gasteiger partial charge on any atom is -0.503 e. The van der Waals surface area contributed by atoms with Gasteiger partial charge in [-0.2, -0.15) is 0 Å². The molecule has 0 atom stereocenters. The highest BCUT2D eigenvalue weighted by Crippen LogP contribution is 2.32.